The Balaban J connectivity index is 1.95. The lowest BCUT2D eigenvalue weighted by molar-refractivity contribution is -0.124. The molecule has 0 aliphatic carbocycles. The van der Waals surface area contributed by atoms with Gasteiger partial charge in [-0.2, -0.15) is 0 Å². The number of benzene rings is 1. The molecule has 2 rings (SSSR count). The van der Waals surface area contributed by atoms with E-state index in [4.69, 9.17) is 21.1 Å². The minimum Gasteiger partial charge on any atom is -0.492 e. The van der Waals surface area contributed by atoms with Gasteiger partial charge in [0.25, 0.3) is 5.91 Å². The quantitative estimate of drug-likeness (QED) is 0.905. The summed E-state index contributed by atoms with van der Waals surface area (Å²) in [5.74, 6) is 0.954. The third-order valence-electron chi connectivity index (χ3n) is 2.99. The van der Waals surface area contributed by atoms with Gasteiger partial charge in [0, 0.05) is 12.3 Å². The fraction of sp³-hybridized carbons (Fsp3) is 0.533. The molecule has 1 aliphatic heterocycles. The molecule has 1 aromatic carbocycles. The van der Waals surface area contributed by atoms with Crippen LogP contribution in [0.1, 0.15) is 26.7 Å². The largest absolute Gasteiger partial charge is 0.492 e. The minimum atomic E-state index is -0.342. The van der Waals surface area contributed by atoms with E-state index in [9.17, 15) is 4.79 Å². The van der Waals surface area contributed by atoms with Gasteiger partial charge >= 0.3 is 0 Å². The number of amides is 1. The number of ether oxygens (including phenoxy) is 2. The summed E-state index contributed by atoms with van der Waals surface area (Å²) in [4.78, 5) is 11.9. The van der Waals surface area contributed by atoms with Crippen LogP contribution in [-0.2, 0) is 9.53 Å². The highest BCUT2D eigenvalue weighted by Crippen LogP contribution is 2.28. The molecule has 20 heavy (non-hydrogen) atoms. The van der Waals surface area contributed by atoms with Gasteiger partial charge < -0.3 is 14.8 Å². The van der Waals surface area contributed by atoms with Crippen LogP contribution in [0.2, 0.25) is 5.02 Å². The fourth-order valence-corrected chi connectivity index (χ4v) is 2.19. The van der Waals surface area contributed by atoms with E-state index < -0.39 is 0 Å². The summed E-state index contributed by atoms with van der Waals surface area (Å²) in [5.41, 5.74) is 0.660. The molecular weight excluding hydrogens is 278 g/mol. The lowest BCUT2D eigenvalue weighted by Gasteiger charge is -2.13. The fourth-order valence-electron chi connectivity index (χ4n) is 1.96. The average molecular weight is 298 g/mol. The van der Waals surface area contributed by atoms with Crippen molar-refractivity contribution < 1.29 is 14.3 Å². The Hall–Kier alpha value is -1.26. The van der Waals surface area contributed by atoms with Crippen molar-refractivity contribution in [1.82, 2.24) is 0 Å². The molecule has 1 unspecified atom stereocenters. The van der Waals surface area contributed by atoms with E-state index in [2.05, 4.69) is 19.2 Å². The van der Waals surface area contributed by atoms with E-state index in [0.29, 0.717) is 35.6 Å². The van der Waals surface area contributed by atoms with Crippen LogP contribution in [0.5, 0.6) is 5.75 Å². The first kappa shape index (κ1) is 15.1. The summed E-state index contributed by atoms with van der Waals surface area (Å²) < 4.78 is 10.9. The molecule has 0 radical (unpaired) electrons. The van der Waals surface area contributed by atoms with E-state index in [1.807, 2.05) is 0 Å². The maximum absolute atomic E-state index is 11.9. The number of rotatable bonds is 5. The van der Waals surface area contributed by atoms with E-state index in [0.717, 1.165) is 12.8 Å². The van der Waals surface area contributed by atoms with Crippen molar-refractivity contribution in [3.8, 4) is 5.75 Å². The smallest absolute Gasteiger partial charge is 0.253 e. The summed E-state index contributed by atoms with van der Waals surface area (Å²) in [6.07, 6.45) is 1.36. The molecule has 0 spiro atoms. The van der Waals surface area contributed by atoms with E-state index >= 15 is 0 Å². The van der Waals surface area contributed by atoms with Gasteiger partial charge in [0.15, 0.2) is 0 Å². The lowest BCUT2D eigenvalue weighted by Crippen LogP contribution is -2.26. The monoisotopic (exact) mass is 297 g/mol. The molecule has 110 valence electrons. The zero-order valence-electron chi connectivity index (χ0n) is 11.8. The molecule has 1 atom stereocenters. The van der Waals surface area contributed by atoms with Crippen molar-refractivity contribution in [1.29, 1.82) is 0 Å². The zero-order valence-corrected chi connectivity index (χ0v) is 12.6. The average Bonchev–Trinajstić information content (AvgIpc) is 2.91. The highest BCUT2D eigenvalue weighted by molar-refractivity contribution is 6.32. The minimum absolute atomic E-state index is 0.116. The number of anilines is 1. The summed E-state index contributed by atoms with van der Waals surface area (Å²) in [6, 6.07) is 5.26. The zero-order chi connectivity index (χ0) is 14.5. The van der Waals surface area contributed by atoms with Gasteiger partial charge in [-0.15, -0.1) is 0 Å². The molecule has 1 fully saturated rings. The molecule has 0 aromatic heterocycles. The Morgan fingerprint density at radius 2 is 2.35 bits per heavy atom. The lowest BCUT2D eigenvalue weighted by atomic mass is 10.2. The normalized spacial score (nSPS) is 18.3. The van der Waals surface area contributed by atoms with Crippen molar-refractivity contribution in [3.63, 3.8) is 0 Å². The first-order chi connectivity index (χ1) is 9.56. The molecule has 1 N–H and O–H groups in total. The Morgan fingerprint density at radius 3 is 2.95 bits per heavy atom. The van der Waals surface area contributed by atoms with Crippen LogP contribution >= 0.6 is 11.6 Å². The standard InChI is InChI=1S/C15H20ClNO3/c1-10(2)9-20-13-6-5-11(8-12(13)16)17-15(18)14-4-3-7-19-14/h5-6,8,10,14H,3-4,7,9H2,1-2H3,(H,17,18). The molecule has 1 heterocycles. The molecule has 1 aliphatic rings. The van der Waals surface area contributed by atoms with E-state index in [1.165, 1.54) is 0 Å². The van der Waals surface area contributed by atoms with Crippen molar-refractivity contribution >= 4 is 23.2 Å². The van der Waals surface area contributed by atoms with Gasteiger partial charge in [0.1, 0.15) is 11.9 Å². The second-order valence-corrected chi connectivity index (χ2v) is 5.75. The predicted molar refractivity (Wildman–Crippen MR) is 79.4 cm³/mol. The van der Waals surface area contributed by atoms with Crippen LogP contribution in [0.25, 0.3) is 0 Å². The third kappa shape index (κ3) is 4.12. The molecule has 0 saturated carbocycles. The Morgan fingerprint density at radius 1 is 1.55 bits per heavy atom. The summed E-state index contributed by atoms with van der Waals surface area (Å²) in [6.45, 7) is 5.41. The van der Waals surface area contributed by atoms with Gasteiger partial charge in [-0.3, -0.25) is 4.79 Å². The summed E-state index contributed by atoms with van der Waals surface area (Å²) in [5, 5.41) is 3.31. The summed E-state index contributed by atoms with van der Waals surface area (Å²) in [7, 11) is 0. The van der Waals surface area contributed by atoms with Crippen molar-refractivity contribution in [3.05, 3.63) is 23.2 Å². The molecular formula is C15H20ClNO3. The van der Waals surface area contributed by atoms with Gasteiger partial charge in [-0.25, -0.2) is 0 Å². The first-order valence-corrected chi connectivity index (χ1v) is 7.29. The molecule has 0 bridgehead atoms. The second kappa shape index (κ2) is 6.95. The SMILES string of the molecule is CC(C)COc1ccc(NC(=O)C2CCCO2)cc1Cl. The Labute approximate surface area is 124 Å². The topological polar surface area (TPSA) is 47.6 Å². The van der Waals surface area contributed by atoms with Gasteiger partial charge in [0.05, 0.1) is 11.6 Å². The predicted octanol–water partition coefficient (Wildman–Crippen LogP) is 3.49. The highest BCUT2D eigenvalue weighted by Gasteiger charge is 2.23. The van der Waals surface area contributed by atoms with Gasteiger partial charge in [0.2, 0.25) is 0 Å². The molecule has 1 aromatic rings. The number of halogens is 1. The van der Waals surface area contributed by atoms with Gasteiger partial charge in [-0.05, 0) is 37.0 Å². The highest BCUT2D eigenvalue weighted by atomic mass is 35.5. The third-order valence-corrected chi connectivity index (χ3v) is 3.29. The number of nitrogens with one attached hydrogen (secondary N) is 1. The maximum Gasteiger partial charge on any atom is 0.253 e. The summed E-state index contributed by atoms with van der Waals surface area (Å²) >= 11 is 6.15. The number of hydrogen-bond acceptors (Lipinski definition) is 3. The van der Waals surface area contributed by atoms with Crippen molar-refractivity contribution in [2.24, 2.45) is 5.92 Å². The molecule has 5 heteroatoms. The second-order valence-electron chi connectivity index (χ2n) is 5.34. The van der Waals surface area contributed by atoms with Crippen LogP contribution in [0.4, 0.5) is 5.69 Å². The van der Waals surface area contributed by atoms with Crippen LogP contribution in [-0.4, -0.2) is 25.2 Å². The van der Waals surface area contributed by atoms with Crippen LogP contribution in [0.15, 0.2) is 18.2 Å². The van der Waals surface area contributed by atoms with Crippen LogP contribution < -0.4 is 10.1 Å². The molecule has 1 saturated heterocycles. The molecule has 1 amide bonds. The van der Waals surface area contributed by atoms with Crippen LogP contribution in [0, 0.1) is 5.92 Å². The van der Waals surface area contributed by atoms with Crippen molar-refractivity contribution in [2.45, 2.75) is 32.8 Å². The van der Waals surface area contributed by atoms with Crippen LogP contribution in [0.3, 0.4) is 0 Å². The number of hydrogen-bond donors (Lipinski definition) is 1. The van der Waals surface area contributed by atoms with E-state index in [-0.39, 0.29) is 12.0 Å². The van der Waals surface area contributed by atoms with Gasteiger partial charge in [-0.1, -0.05) is 25.4 Å². The Kier molecular flexibility index (Phi) is 5.26. The Bertz CT molecular complexity index is 470. The number of carbonyl (C=O) groups is 1. The maximum atomic E-state index is 11.9. The number of carbonyl (C=O) groups excluding carboxylic acids is 1. The first-order valence-electron chi connectivity index (χ1n) is 6.91. The van der Waals surface area contributed by atoms with Crippen molar-refractivity contribution in [2.75, 3.05) is 18.5 Å². The van der Waals surface area contributed by atoms with E-state index in [1.54, 1.807) is 18.2 Å². The molecule has 4 nitrogen and oxygen atoms in total.